The largest absolute Gasteiger partial charge is 0.264 e. The molecule has 0 aromatic carbocycles. The van der Waals surface area contributed by atoms with E-state index in [-0.39, 0.29) is 0 Å². The van der Waals surface area contributed by atoms with Gasteiger partial charge in [-0.25, -0.2) is 4.98 Å². The standard InChI is InChI=1S/C10H7N3S2/c1-14-10-8(5-11)13-9(15-10)7-3-2-4-12-6-7/h2-4,6H,1H3. The zero-order chi connectivity index (χ0) is 10.7. The van der Waals surface area contributed by atoms with Gasteiger partial charge >= 0.3 is 0 Å². The third-order valence-corrected chi connectivity index (χ3v) is 4.01. The molecule has 2 aromatic rings. The van der Waals surface area contributed by atoms with E-state index in [1.54, 1.807) is 24.2 Å². The van der Waals surface area contributed by atoms with E-state index in [1.165, 1.54) is 11.3 Å². The van der Waals surface area contributed by atoms with Gasteiger partial charge in [0.05, 0.1) is 4.21 Å². The van der Waals surface area contributed by atoms with Gasteiger partial charge in [-0.2, -0.15) is 5.26 Å². The van der Waals surface area contributed by atoms with E-state index < -0.39 is 0 Å². The van der Waals surface area contributed by atoms with Crippen LogP contribution in [0.4, 0.5) is 0 Å². The van der Waals surface area contributed by atoms with Crippen molar-refractivity contribution in [2.45, 2.75) is 4.21 Å². The predicted octanol–water partition coefficient (Wildman–Crippen LogP) is 2.80. The van der Waals surface area contributed by atoms with Crippen LogP contribution in [0.1, 0.15) is 5.69 Å². The van der Waals surface area contributed by atoms with E-state index >= 15 is 0 Å². The molecule has 0 fully saturated rings. The minimum Gasteiger partial charge on any atom is -0.264 e. The van der Waals surface area contributed by atoms with Gasteiger partial charge in [-0.3, -0.25) is 4.98 Å². The molecule has 0 N–H and O–H groups in total. The van der Waals surface area contributed by atoms with Gasteiger partial charge in [-0.05, 0) is 18.4 Å². The van der Waals surface area contributed by atoms with Gasteiger partial charge in [-0.1, -0.05) is 0 Å². The van der Waals surface area contributed by atoms with Crippen LogP contribution >= 0.6 is 23.1 Å². The van der Waals surface area contributed by atoms with Crippen molar-refractivity contribution in [2.24, 2.45) is 0 Å². The second-order valence-corrected chi connectivity index (χ2v) is 4.79. The molecular weight excluding hydrogens is 226 g/mol. The molecule has 5 heteroatoms. The molecule has 0 aliphatic rings. The second kappa shape index (κ2) is 4.43. The van der Waals surface area contributed by atoms with Gasteiger partial charge in [0, 0.05) is 18.0 Å². The van der Waals surface area contributed by atoms with Crippen LogP contribution in [0.2, 0.25) is 0 Å². The molecule has 2 aromatic heterocycles. The summed E-state index contributed by atoms with van der Waals surface area (Å²) in [5, 5.41) is 9.73. The Kier molecular flexibility index (Phi) is 2.99. The summed E-state index contributed by atoms with van der Waals surface area (Å²) in [7, 11) is 0. The number of pyridine rings is 1. The summed E-state index contributed by atoms with van der Waals surface area (Å²) >= 11 is 3.08. The van der Waals surface area contributed by atoms with Crippen LogP contribution in [-0.2, 0) is 0 Å². The molecule has 0 spiro atoms. The van der Waals surface area contributed by atoms with E-state index in [4.69, 9.17) is 5.26 Å². The smallest absolute Gasteiger partial charge is 0.165 e. The van der Waals surface area contributed by atoms with Crippen molar-refractivity contribution in [2.75, 3.05) is 6.26 Å². The summed E-state index contributed by atoms with van der Waals surface area (Å²) in [5.41, 5.74) is 1.46. The summed E-state index contributed by atoms with van der Waals surface area (Å²) in [5.74, 6) is 0. The first kappa shape index (κ1) is 10.1. The third-order valence-electron chi connectivity index (χ3n) is 1.80. The van der Waals surface area contributed by atoms with Crippen molar-refractivity contribution in [1.82, 2.24) is 9.97 Å². The van der Waals surface area contributed by atoms with E-state index in [0.29, 0.717) is 5.69 Å². The summed E-state index contributed by atoms with van der Waals surface area (Å²) in [6.07, 6.45) is 5.42. The number of hydrogen-bond acceptors (Lipinski definition) is 5. The zero-order valence-electron chi connectivity index (χ0n) is 7.97. The molecule has 0 atom stereocenters. The van der Waals surface area contributed by atoms with Crippen molar-refractivity contribution >= 4 is 23.1 Å². The molecule has 0 aliphatic carbocycles. The number of thioether (sulfide) groups is 1. The molecule has 2 heterocycles. The van der Waals surface area contributed by atoms with Crippen molar-refractivity contribution in [3.05, 3.63) is 30.2 Å². The number of thiazole rings is 1. The number of aromatic nitrogens is 2. The lowest BCUT2D eigenvalue weighted by Gasteiger charge is -1.91. The first-order chi connectivity index (χ1) is 7.35. The summed E-state index contributed by atoms with van der Waals surface area (Å²) in [6, 6.07) is 5.90. The van der Waals surface area contributed by atoms with Gasteiger partial charge in [0.15, 0.2) is 5.69 Å². The fraction of sp³-hybridized carbons (Fsp3) is 0.100. The molecule has 0 bridgehead atoms. The molecule has 0 amide bonds. The van der Waals surface area contributed by atoms with Crippen LogP contribution in [0.25, 0.3) is 10.6 Å². The zero-order valence-corrected chi connectivity index (χ0v) is 9.60. The fourth-order valence-electron chi connectivity index (χ4n) is 1.13. The van der Waals surface area contributed by atoms with Crippen LogP contribution in [-0.4, -0.2) is 16.2 Å². The van der Waals surface area contributed by atoms with E-state index in [0.717, 1.165) is 14.8 Å². The third kappa shape index (κ3) is 2.01. The number of nitriles is 1. The summed E-state index contributed by atoms with van der Waals surface area (Å²) < 4.78 is 0.955. The molecule has 0 unspecified atom stereocenters. The van der Waals surface area contributed by atoms with Crippen LogP contribution in [0.5, 0.6) is 0 Å². The number of hydrogen-bond donors (Lipinski definition) is 0. The molecule has 15 heavy (non-hydrogen) atoms. The van der Waals surface area contributed by atoms with Gasteiger partial charge in [-0.15, -0.1) is 23.1 Å². The van der Waals surface area contributed by atoms with Crippen molar-refractivity contribution in [3.63, 3.8) is 0 Å². The van der Waals surface area contributed by atoms with Crippen molar-refractivity contribution in [3.8, 4) is 16.6 Å². The van der Waals surface area contributed by atoms with E-state index in [9.17, 15) is 0 Å². The Morgan fingerprint density at radius 1 is 1.53 bits per heavy atom. The van der Waals surface area contributed by atoms with Crippen LogP contribution in [0, 0.1) is 11.3 Å². The van der Waals surface area contributed by atoms with Gasteiger partial charge in [0.25, 0.3) is 0 Å². The minimum atomic E-state index is 0.506. The highest BCUT2D eigenvalue weighted by Gasteiger charge is 2.10. The van der Waals surface area contributed by atoms with E-state index in [1.807, 2.05) is 18.4 Å². The molecule has 3 nitrogen and oxygen atoms in total. The SMILES string of the molecule is CSc1sc(-c2cccnc2)nc1C#N. The Morgan fingerprint density at radius 3 is 2.93 bits per heavy atom. The Bertz CT molecular complexity index is 499. The summed E-state index contributed by atoms with van der Waals surface area (Å²) in [4.78, 5) is 8.29. The molecule has 0 radical (unpaired) electrons. The maximum atomic E-state index is 8.87. The highest BCUT2D eigenvalue weighted by molar-refractivity contribution is 8.00. The van der Waals surface area contributed by atoms with Crippen LogP contribution in [0.3, 0.4) is 0 Å². The normalized spacial score (nSPS) is 9.87. The predicted molar refractivity (Wildman–Crippen MR) is 61.8 cm³/mol. The van der Waals surface area contributed by atoms with Crippen LogP contribution < -0.4 is 0 Å². The first-order valence-corrected chi connectivity index (χ1v) is 6.24. The van der Waals surface area contributed by atoms with Crippen molar-refractivity contribution in [1.29, 1.82) is 5.26 Å². The average molecular weight is 233 g/mol. The Hall–Kier alpha value is -1.38. The fourth-order valence-corrected chi connectivity index (χ4v) is 2.72. The molecule has 74 valence electrons. The van der Waals surface area contributed by atoms with Gasteiger partial charge in [0.2, 0.25) is 0 Å². The molecule has 2 rings (SSSR count). The van der Waals surface area contributed by atoms with E-state index in [2.05, 4.69) is 16.0 Å². The monoisotopic (exact) mass is 233 g/mol. The van der Waals surface area contributed by atoms with Crippen LogP contribution in [0.15, 0.2) is 28.7 Å². The molecule has 0 saturated carbocycles. The lowest BCUT2D eigenvalue weighted by atomic mass is 10.3. The molecule has 0 aliphatic heterocycles. The lowest BCUT2D eigenvalue weighted by Crippen LogP contribution is -1.78. The van der Waals surface area contributed by atoms with Gasteiger partial charge < -0.3 is 0 Å². The number of nitrogens with zero attached hydrogens (tertiary/aromatic N) is 3. The first-order valence-electron chi connectivity index (χ1n) is 4.20. The highest BCUT2D eigenvalue weighted by atomic mass is 32.2. The van der Waals surface area contributed by atoms with Gasteiger partial charge in [0.1, 0.15) is 11.1 Å². The Balaban J connectivity index is 2.48. The summed E-state index contributed by atoms with van der Waals surface area (Å²) in [6.45, 7) is 0. The average Bonchev–Trinajstić information content (AvgIpc) is 2.73. The maximum Gasteiger partial charge on any atom is 0.165 e. The maximum absolute atomic E-state index is 8.87. The molecular formula is C10H7N3S2. The number of rotatable bonds is 2. The minimum absolute atomic E-state index is 0.506. The topological polar surface area (TPSA) is 49.6 Å². The Morgan fingerprint density at radius 2 is 2.40 bits per heavy atom. The lowest BCUT2D eigenvalue weighted by molar-refractivity contribution is 1.27. The second-order valence-electron chi connectivity index (χ2n) is 2.71. The quantitative estimate of drug-likeness (QED) is 0.748. The highest BCUT2D eigenvalue weighted by Crippen LogP contribution is 2.32. The van der Waals surface area contributed by atoms with Crippen molar-refractivity contribution < 1.29 is 0 Å². The Labute approximate surface area is 95.8 Å². The molecule has 0 saturated heterocycles.